The molecule has 7 nitrogen and oxygen atoms in total. The van der Waals surface area contributed by atoms with Crippen molar-refractivity contribution < 1.29 is 4.74 Å². The molecule has 0 unspecified atom stereocenters. The molecule has 7 heteroatoms. The standard InChI is InChI=1S/C30H34N6O/c1-21-16-35(27-10-8-23(15-31)29-25(27)6-4-13-32-29)18-24(37-21)17-34-19-30(20-34)12-14-36(30)28-11-9-22-5-2-3-7-26(22)33-28/h4,6,8-11,13,21,24H,2-3,5,7,12,14,16-20H2,1H3/t21-,24+/m1/s1. The first-order valence-electron chi connectivity index (χ1n) is 13.8. The van der Waals surface area contributed by atoms with Crippen LogP contribution in [0.4, 0.5) is 11.5 Å². The largest absolute Gasteiger partial charge is 0.370 e. The van der Waals surface area contributed by atoms with Gasteiger partial charge >= 0.3 is 0 Å². The lowest BCUT2D eigenvalue weighted by molar-refractivity contribution is -0.0633. The number of benzene rings is 1. The average molecular weight is 495 g/mol. The van der Waals surface area contributed by atoms with Gasteiger partial charge in [0.15, 0.2) is 0 Å². The minimum atomic E-state index is 0.149. The van der Waals surface area contributed by atoms with Gasteiger partial charge in [-0.2, -0.15) is 5.26 Å². The summed E-state index contributed by atoms with van der Waals surface area (Å²) in [5.74, 6) is 1.18. The molecular weight excluding hydrogens is 460 g/mol. The van der Waals surface area contributed by atoms with Crippen LogP contribution in [0.3, 0.4) is 0 Å². The Bertz CT molecular complexity index is 1380. The molecule has 3 aliphatic heterocycles. The van der Waals surface area contributed by atoms with Gasteiger partial charge in [0.05, 0.1) is 28.8 Å². The van der Waals surface area contributed by atoms with E-state index < -0.39 is 0 Å². The van der Waals surface area contributed by atoms with Crippen LogP contribution in [0, 0.1) is 11.3 Å². The van der Waals surface area contributed by atoms with Gasteiger partial charge in [-0.15, -0.1) is 0 Å². The van der Waals surface area contributed by atoms with E-state index in [9.17, 15) is 5.26 Å². The van der Waals surface area contributed by atoms with E-state index in [-0.39, 0.29) is 17.7 Å². The van der Waals surface area contributed by atoms with Crippen molar-refractivity contribution in [3.63, 3.8) is 0 Å². The zero-order valence-electron chi connectivity index (χ0n) is 21.6. The second-order valence-electron chi connectivity index (χ2n) is 11.4. The van der Waals surface area contributed by atoms with Crippen LogP contribution in [-0.4, -0.2) is 71.9 Å². The first-order valence-corrected chi connectivity index (χ1v) is 13.8. The molecule has 0 saturated carbocycles. The Balaban J connectivity index is 1.03. The van der Waals surface area contributed by atoms with Crippen molar-refractivity contribution in [2.75, 3.05) is 49.1 Å². The fourth-order valence-electron chi connectivity index (χ4n) is 7.02. The number of pyridine rings is 2. The number of anilines is 2. The summed E-state index contributed by atoms with van der Waals surface area (Å²) in [5, 5.41) is 10.6. The lowest BCUT2D eigenvalue weighted by Gasteiger charge is -2.63. The highest BCUT2D eigenvalue weighted by Gasteiger charge is 2.54. The molecule has 1 aliphatic carbocycles. The number of aryl methyl sites for hydroxylation is 2. The fourth-order valence-corrected chi connectivity index (χ4v) is 7.02. The van der Waals surface area contributed by atoms with Gasteiger partial charge in [0.2, 0.25) is 0 Å². The lowest BCUT2D eigenvalue weighted by atomic mass is 9.77. The minimum absolute atomic E-state index is 0.149. The van der Waals surface area contributed by atoms with Crippen molar-refractivity contribution >= 4 is 22.4 Å². The first kappa shape index (κ1) is 22.9. The molecule has 0 amide bonds. The maximum Gasteiger partial charge on any atom is 0.129 e. The van der Waals surface area contributed by atoms with Gasteiger partial charge in [-0.25, -0.2) is 4.98 Å². The molecule has 1 spiro atoms. The number of morpholine rings is 1. The van der Waals surface area contributed by atoms with Crippen molar-refractivity contribution in [3.8, 4) is 6.07 Å². The molecule has 37 heavy (non-hydrogen) atoms. The molecule has 3 saturated heterocycles. The molecule has 0 radical (unpaired) electrons. The maximum absolute atomic E-state index is 9.53. The number of fused-ring (bicyclic) bond motifs is 2. The quantitative estimate of drug-likeness (QED) is 0.544. The molecule has 190 valence electrons. The Morgan fingerprint density at radius 2 is 2.00 bits per heavy atom. The van der Waals surface area contributed by atoms with Crippen LogP contribution in [0.5, 0.6) is 0 Å². The summed E-state index contributed by atoms with van der Waals surface area (Å²) in [6.07, 6.45) is 8.21. The zero-order valence-corrected chi connectivity index (χ0v) is 21.6. The van der Waals surface area contributed by atoms with E-state index >= 15 is 0 Å². The predicted octanol–water partition coefficient (Wildman–Crippen LogP) is 3.94. The van der Waals surface area contributed by atoms with Crippen LogP contribution < -0.4 is 9.80 Å². The van der Waals surface area contributed by atoms with E-state index in [4.69, 9.17) is 9.72 Å². The number of nitrogens with zero attached hydrogens (tertiary/aromatic N) is 6. The summed E-state index contributed by atoms with van der Waals surface area (Å²) in [6.45, 7) is 8.09. The molecule has 7 rings (SSSR count). The fraction of sp³-hybridized carbons (Fsp3) is 0.500. The molecule has 0 N–H and O–H groups in total. The van der Waals surface area contributed by atoms with Crippen LogP contribution in [0.15, 0.2) is 42.6 Å². The smallest absolute Gasteiger partial charge is 0.129 e. The van der Waals surface area contributed by atoms with E-state index in [0.29, 0.717) is 5.56 Å². The van der Waals surface area contributed by atoms with Crippen LogP contribution >= 0.6 is 0 Å². The van der Waals surface area contributed by atoms with Gasteiger partial charge in [-0.1, -0.05) is 6.07 Å². The molecule has 3 fully saturated rings. The summed E-state index contributed by atoms with van der Waals surface area (Å²) in [4.78, 5) is 17.1. The number of hydrogen-bond donors (Lipinski definition) is 0. The van der Waals surface area contributed by atoms with Crippen LogP contribution in [0.1, 0.15) is 43.0 Å². The molecule has 1 aromatic carbocycles. The van der Waals surface area contributed by atoms with E-state index in [1.165, 1.54) is 42.8 Å². The lowest BCUT2D eigenvalue weighted by Crippen LogP contribution is -2.78. The van der Waals surface area contributed by atoms with E-state index in [1.807, 2.05) is 12.1 Å². The van der Waals surface area contributed by atoms with Gasteiger partial charge in [0.25, 0.3) is 0 Å². The maximum atomic E-state index is 9.53. The van der Waals surface area contributed by atoms with Gasteiger partial charge in [-0.05, 0) is 74.9 Å². The number of aromatic nitrogens is 2. The van der Waals surface area contributed by atoms with E-state index in [2.05, 4.69) is 56.9 Å². The van der Waals surface area contributed by atoms with Crippen molar-refractivity contribution in [1.82, 2.24) is 14.9 Å². The van der Waals surface area contributed by atoms with E-state index in [0.717, 1.165) is 62.3 Å². The number of rotatable bonds is 4. The van der Waals surface area contributed by atoms with Crippen LogP contribution in [-0.2, 0) is 17.6 Å². The van der Waals surface area contributed by atoms with Gasteiger partial charge in [0.1, 0.15) is 11.9 Å². The molecule has 2 aromatic heterocycles. The Morgan fingerprint density at radius 1 is 1.11 bits per heavy atom. The van der Waals surface area contributed by atoms with Crippen LogP contribution in [0.25, 0.3) is 10.9 Å². The summed E-state index contributed by atoms with van der Waals surface area (Å²) in [5.41, 5.74) is 5.59. The Morgan fingerprint density at radius 3 is 2.84 bits per heavy atom. The number of likely N-dealkylation sites (tertiary alicyclic amines) is 1. The van der Waals surface area contributed by atoms with Gasteiger partial charge in [0, 0.05) is 62.2 Å². The Hall–Kier alpha value is -3.21. The second kappa shape index (κ2) is 8.97. The molecule has 4 aliphatic rings. The molecule has 0 bridgehead atoms. The second-order valence-corrected chi connectivity index (χ2v) is 11.4. The third-order valence-corrected chi connectivity index (χ3v) is 8.85. The number of hydrogen-bond acceptors (Lipinski definition) is 7. The van der Waals surface area contributed by atoms with E-state index in [1.54, 1.807) is 6.20 Å². The summed E-state index contributed by atoms with van der Waals surface area (Å²) in [6, 6.07) is 14.9. The predicted molar refractivity (Wildman–Crippen MR) is 145 cm³/mol. The molecule has 2 atom stereocenters. The number of nitriles is 1. The Labute approximate surface area is 218 Å². The van der Waals surface area contributed by atoms with Crippen molar-refractivity contribution in [2.24, 2.45) is 0 Å². The molecule has 5 heterocycles. The normalized spacial score (nSPS) is 24.9. The third-order valence-electron chi connectivity index (χ3n) is 8.85. The molecule has 3 aromatic rings. The van der Waals surface area contributed by atoms with Gasteiger partial charge < -0.3 is 14.5 Å². The highest BCUT2D eigenvalue weighted by atomic mass is 16.5. The van der Waals surface area contributed by atoms with Crippen molar-refractivity contribution in [1.29, 1.82) is 5.26 Å². The van der Waals surface area contributed by atoms with Gasteiger partial charge in [-0.3, -0.25) is 9.88 Å². The van der Waals surface area contributed by atoms with Crippen LogP contribution in [0.2, 0.25) is 0 Å². The monoisotopic (exact) mass is 494 g/mol. The average Bonchev–Trinajstić information content (AvgIpc) is 2.88. The minimum Gasteiger partial charge on any atom is -0.370 e. The third kappa shape index (κ3) is 3.94. The van der Waals surface area contributed by atoms with Crippen molar-refractivity contribution in [3.05, 3.63) is 59.4 Å². The van der Waals surface area contributed by atoms with Crippen molar-refractivity contribution in [2.45, 2.75) is 56.8 Å². The highest BCUT2D eigenvalue weighted by molar-refractivity contribution is 5.95. The SMILES string of the molecule is C[C@@H]1CN(c2ccc(C#N)c3ncccc23)C[C@H](CN2CC3(CCN3c3ccc4c(n3)CCCC4)C2)O1. The summed E-state index contributed by atoms with van der Waals surface area (Å²) >= 11 is 0. The highest BCUT2D eigenvalue weighted by Crippen LogP contribution is 2.42. The number of ether oxygens (including phenoxy) is 1. The zero-order chi connectivity index (χ0) is 25.0. The summed E-state index contributed by atoms with van der Waals surface area (Å²) < 4.78 is 6.42. The Kier molecular flexibility index (Phi) is 5.56. The topological polar surface area (TPSA) is 68.5 Å². The summed E-state index contributed by atoms with van der Waals surface area (Å²) in [7, 11) is 0. The molecular formula is C30H34N6O. The first-order chi connectivity index (χ1) is 18.1.